The van der Waals surface area contributed by atoms with Crippen LogP contribution in [0.5, 0.6) is 0 Å². The van der Waals surface area contributed by atoms with Gasteiger partial charge in [0, 0.05) is 16.5 Å². The second kappa shape index (κ2) is 3.33. The summed E-state index contributed by atoms with van der Waals surface area (Å²) in [5.41, 5.74) is 0.989. The number of rotatable bonds is 1. The largest absolute Gasteiger partial charge is 0.256 e. The summed E-state index contributed by atoms with van der Waals surface area (Å²) < 4.78 is 0. The van der Waals surface area contributed by atoms with E-state index in [1.165, 1.54) is 11.0 Å². The van der Waals surface area contributed by atoms with Crippen LogP contribution in [0.4, 0.5) is 0 Å². The summed E-state index contributed by atoms with van der Waals surface area (Å²) in [6.45, 7) is 0. The normalized spacial score (nSPS) is 10.4. The van der Waals surface area contributed by atoms with Crippen LogP contribution in [0.15, 0.2) is 41.4 Å². The highest BCUT2D eigenvalue weighted by molar-refractivity contribution is 8.21. The Balaban J connectivity index is 2.79. The van der Waals surface area contributed by atoms with Crippen molar-refractivity contribution in [3.05, 3.63) is 36.5 Å². The summed E-state index contributed by atoms with van der Waals surface area (Å²) in [4.78, 5) is 5.28. The molecule has 0 spiro atoms. The van der Waals surface area contributed by atoms with Gasteiger partial charge in [-0.1, -0.05) is 12.1 Å². The average molecular weight is 196 g/mol. The van der Waals surface area contributed by atoms with E-state index < -0.39 is 0 Å². The van der Waals surface area contributed by atoms with E-state index >= 15 is 0 Å². The van der Waals surface area contributed by atoms with Gasteiger partial charge in [0.05, 0.1) is 5.52 Å². The van der Waals surface area contributed by atoms with Crippen LogP contribution in [-0.4, -0.2) is 4.98 Å². The third kappa shape index (κ3) is 1.28. The van der Waals surface area contributed by atoms with Crippen molar-refractivity contribution in [1.82, 2.24) is 4.98 Å². The summed E-state index contributed by atoms with van der Waals surface area (Å²) in [6, 6.07) is 9.86. The molecule has 12 heavy (non-hydrogen) atoms. The molecular formula is C9H6ClNS. The van der Waals surface area contributed by atoms with Gasteiger partial charge >= 0.3 is 0 Å². The summed E-state index contributed by atoms with van der Waals surface area (Å²) in [6.07, 6.45) is 1.78. The molecule has 60 valence electrons. The molecule has 1 heterocycles. The predicted molar refractivity (Wildman–Crippen MR) is 53.5 cm³/mol. The van der Waals surface area contributed by atoms with Gasteiger partial charge in [0.25, 0.3) is 0 Å². The van der Waals surface area contributed by atoms with E-state index in [9.17, 15) is 0 Å². The molecule has 0 N–H and O–H groups in total. The molecule has 1 aromatic carbocycles. The van der Waals surface area contributed by atoms with Crippen molar-refractivity contribution in [3.63, 3.8) is 0 Å². The van der Waals surface area contributed by atoms with Crippen LogP contribution in [0.3, 0.4) is 0 Å². The first kappa shape index (κ1) is 7.90. The molecule has 0 aliphatic rings. The van der Waals surface area contributed by atoms with Crippen LogP contribution < -0.4 is 0 Å². The lowest BCUT2D eigenvalue weighted by atomic mass is 10.2. The Morgan fingerprint density at radius 2 is 2.08 bits per heavy atom. The zero-order chi connectivity index (χ0) is 8.39. The number of benzene rings is 1. The Morgan fingerprint density at radius 3 is 2.92 bits per heavy atom. The van der Waals surface area contributed by atoms with E-state index in [-0.39, 0.29) is 0 Å². The van der Waals surface area contributed by atoms with Gasteiger partial charge in [-0.05, 0) is 39.9 Å². The maximum atomic E-state index is 5.69. The van der Waals surface area contributed by atoms with Gasteiger partial charge in [0.1, 0.15) is 0 Å². The molecule has 2 rings (SSSR count). The number of hydrogen-bond donors (Lipinski definition) is 0. The third-order valence-corrected chi connectivity index (χ3v) is 2.71. The van der Waals surface area contributed by atoms with Gasteiger partial charge in [-0.15, -0.1) is 0 Å². The SMILES string of the molecule is ClSc1cccc2ncccc12. The van der Waals surface area contributed by atoms with Crippen LogP contribution in [-0.2, 0) is 0 Å². The van der Waals surface area contributed by atoms with Crippen molar-refractivity contribution in [2.75, 3.05) is 0 Å². The van der Waals surface area contributed by atoms with Gasteiger partial charge in [0.15, 0.2) is 0 Å². The van der Waals surface area contributed by atoms with E-state index in [1.807, 2.05) is 30.3 Å². The minimum Gasteiger partial charge on any atom is -0.256 e. The minimum atomic E-state index is 0.989. The van der Waals surface area contributed by atoms with Gasteiger partial charge in [0.2, 0.25) is 0 Å². The molecule has 0 saturated carbocycles. The second-order valence-corrected chi connectivity index (χ2v) is 3.46. The van der Waals surface area contributed by atoms with E-state index in [2.05, 4.69) is 4.98 Å². The monoisotopic (exact) mass is 195 g/mol. The maximum Gasteiger partial charge on any atom is 0.0713 e. The highest BCUT2D eigenvalue weighted by atomic mass is 35.7. The second-order valence-electron chi connectivity index (χ2n) is 2.40. The topological polar surface area (TPSA) is 12.9 Å². The minimum absolute atomic E-state index is 0.989. The number of fused-ring (bicyclic) bond motifs is 1. The van der Waals surface area contributed by atoms with E-state index in [0.717, 1.165) is 15.8 Å². The molecule has 0 radical (unpaired) electrons. The molecule has 0 saturated heterocycles. The Kier molecular flexibility index (Phi) is 2.19. The zero-order valence-corrected chi connectivity index (χ0v) is 7.77. The number of nitrogens with zero attached hydrogens (tertiary/aromatic N) is 1. The van der Waals surface area contributed by atoms with Gasteiger partial charge in [-0.25, -0.2) is 0 Å². The Morgan fingerprint density at radius 1 is 1.17 bits per heavy atom. The lowest BCUT2D eigenvalue weighted by Gasteiger charge is -1.99. The quantitative estimate of drug-likeness (QED) is 0.691. The Hall–Kier alpha value is -0.730. The van der Waals surface area contributed by atoms with Crippen LogP contribution in [0.1, 0.15) is 0 Å². The molecule has 0 aliphatic carbocycles. The van der Waals surface area contributed by atoms with E-state index in [0.29, 0.717) is 0 Å². The predicted octanol–water partition coefficient (Wildman–Crippen LogP) is 3.48. The van der Waals surface area contributed by atoms with Crippen molar-refractivity contribution in [2.24, 2.45) is 0 Å². The molecule has 3 heteroatoms. The molecule has 1 aromatic heterocycles. The molecule has 0 amide bonds. The lowest BCUT2D eigenvalue weighted by Crippen LogP contribution is -1.77. The standard InChI is InChI=1S/C9H6ClNS/c10-12-9-5-1-4-8-7(9)3-2-6-11-8/h1-6H. The number of halogens is 1. The maximum absolute atomic E-state index is 5.69. The van der Waals surface area contributed by atoms with Crippen LogP contribution >= 0.6 is 21.7 Å². The molecule has 2 aromatic rings. The average Bonchev–Trinajstić information content (AvgIpc) is 2.17. The van der Waals surface area contributed by atoms with Gasteiger partial charge in [-0.2, -0.15) is 0 Å². The van der Waals surface area contributed by atoms with E-state index in [1.54, 1.807) is 6.20 Å². The summed E-state index contributed by atoms with van der Waals surface area (Å²) in [7, 11) is 6.93. The van der Waals surface area contributed by atoms with Crippen molar-refractivity contribution in [2.45, 2.75) is 4.90 Å². The Labute approximate surface area is 79.3 Å². The Bertz CT molecular complexity index is 397. The molecule has 0 unspecified atom stereocenters. The van der Waals surface area contributed by atoms with Crippen LogP contribution in [0.25, 0.3) is 10.9 Å². The number of pyridine rings is 1. The summed E-state index contributed by atoms with van der Waals surface area (Å²) in [5, 5.41) is 1.11. The highest BCUT2D eigenvalue weighted by Crippen LogP contribution is 2.28. The highest BCUT2D eigenvalue weighted by Gasteiger charge is 1.98. The molecule has 0 aliphatic heterocycles. The zero-order valence-electron chi connectivity index (χ0n) is 6.20. The fourth-order valence-corrected chi connectivity index (χ4v) is 1.93. The van der Waals surface area contributed by atoms with Crippen molar-refractivity contribution in [3.8, 4) is 0 Å². The first-order chi connectivity index (χ1) is 5.92. The summed E-state index contributed by atoms with van der Waals surface area (Å²) >= 11 is 0. The number of hydrogen-bond acceptors (Lipinski definition) is 2. The third-order valence-electron chi connectivity index (χ3n) is 1.69. The fraction of sp³-hybridized carbons (Fsp3) is 0. The smallest absolute Gasteiger partial charge is 0.0713 e. The first-order valence-corrected chi connectivity index (χ1v) is 5.18. The molecule has 1 nitrogen and oxygen atoms in total. The molecule has 0 fully saturated rings. The lowest BCUT2D eigenvalue weighted by molar-refractivity contribution is 1.39. The van der Waals surface area contributed by atoms with Crippen LogP contribution in [0, 0.1) is 0 Å². The van der Waals surface area contributed by atoms with Crippen molar-refractivity contribution in [1.29, 1.82) is 0 Å². The van der Waals surface area contributed by atoms with Crippen LogP contribution in [0.2, 0.25) is 0 Å². The van der Waals surface area contributed by atoms with E-state index in [4.69, 9.17) is 10.7 Å². The fourth-order valence-electron chi connectivity index (χ4n) is 1.14. The van der Waals surface area contributed by atoms with Gasteiger partial charge in [-0.3, -0.25) is 4.98 Å². The van der Waals surface area contributed by atoms with Crippen molar-refractivity contribution < 1.29 is 0 Å². The number of aromatic nitrogens is 1. The first-order valence-electron chi connectivity index (χ1n) is 3.54. The molecule has 0 atom stereocenters. The van der Waals surface area contributed by atoms with Gasteiger partial charge < -0.3 is 0 Å². The molecular weight excluding hydrogens is 190 g/mol. The van der Waals surface area contributed by atoms with Crippen molar-refractivity contribution >= 4 is 32.6 Å². The molecule has 0 bridgehead atoms. The summed E-state index contributed by atoms with van der Waals surface area (Å²) in [5.74, 6) is 0.